The van der Waals surface area contributed by atoms with E-state index in [1.165, 1.54) is 12.0 Å². The summed E-state index contributed by atoms with van der Waals surface area (Å²) in [4.78, 5) is 12.2. The SMILES string of the molecule is Cl.NC[C@H]1CC[C@@H](C(=O)NCC2(c3ccccc3)CCC2)O1. The fraction of sp³-hybridized carbons (Fsp3) is 0.588. The number of amides is 1. The molecule has 3 rings (SSSR count). The van der Waals surface area contributed by atoms with Crippen LogP contribution in [0.15, 0.2) is 30.3 Å². The molecule has 1 saturated carbocycles. The first-order chi connectivity index (χ1) is 10.2. The molecule has 5 heteroatoms. The van der Waals surface area contributed by atoms with Crippen molar-refractivity contribution in [3.8, 4) is 0 Å². The van der Waals surface area contributed by atoms with Crippen LogP contribution >= 0.6 is 12.4 Å². The van der Waals surface area contributed by atoms with Crippen molar-refractivity contribution in [2.75, 3.05) is 13.1 Å². The fourth-order valence-corrected chi connectivity index (χ4v) is 3.40. The predicted molar refractivity (Wildman–Crippen MR) is 89.2 cm³/mol. The highest BCUT2D eigenvalue weighted by atomic mass is 35.5. The number of halogens is 1. The van der Waals surface area contributed by atoms with Gasteiger partial charge in [-0.15, -0.1) is 12.4 Å². The Morgan fingerprint density at radius 2 is 2.00 bits per heavy atom. The van der Waals surface area contributed by atoms with E-state index in [2.05, 4.69) is 29.6 Å². The van der Waals surface area contributed by atoms with Crippen LogP contribution in [0.4, 0.5) is 0 Å². The number of benzene rings is 1. The van der Waals surface area contributed by atoms with Gasteiger partial charge < -0.3 is 15.8 Å². The topological polar surface area (TPSA) is 64.4 Å². The van der Waals surface area contributed by atoms with Crippen molar-refractivity contribution >= 4 is 18.3 Å². The molecule has 0 spiro atoms. The molecule has 1 amide bonds. The number of carbonyl (C=O) groups is 1. The fourth-order valence-electron chi connectivity index (χ4n) is 3.40. The molecule has 1 heterocycles. The van der Waals surface area contributed by atoms with Crippen LogP contribution in [0.1, 0.15) is 37.7 Å². The van der Waals surface area contributed by atoms with E-state index in [0.717, 1.165) is 25.7 Å². The van der Waals surface area contributed by atoms with Crippen molar-refractivity contribution < 1.29 is 9.53 Å². The van der Waals surface area contributed by atoms with Gasteiger partial charge in [-0.25, -0.2) is 0 Å². The van der Waals surface area contributed by atoms with Crippen LogP contribution in [0, 0.1) is 0 Å². The third-order valence-corrected chi connectivity index (χ3v) is 4.96. The van der Waals surface area contributed by atoms with E-state index in [9.17, 15) is 4.79 Å². The highest BCUT2D eigenvalue weighted by Gasteiger charge is 2.39. The first kappa shape index (κ1) is 17.3. The average molecular weight is 325 g/mol. The second-order valence-corrected chi connectivity index (χ2v) is 6.28. The molecular weight excluding hydrogens is 300 g/mol. The van der Waals surface area contributed by atoms with Crippen molar-refractivity contribution in [3.05, 3.63) is 35.9 Å². The third kappa shape index (κ3) is 3.45. The number of ether oxygens (including phenoxy) is 1. The Morgan fingerprint density at radius 3 is 2.55 bits per heavy atom. The summed E-state index contributed by atoms with van der Waals surface area (Å²) >= 11 is 0. The maximum atomic E-state index is 12.2. The number of hydrogen-bond acceptors (Lipinski definition) is 3. The summed E-state index contributed by atoms with van der Waals surface area (Å²) in [6, 6.07) is 10.5. The lowest BCUT2D eigenvalue weighted by molar-refractivity contribution is -0.132. The van der Waals surface area contributed by atoms with Gasteiger partial charge >= 0.3 is 0 Å². The van der Waals surface area contributed by atoms with Crippen molar-refractivity contribution in [1.82, 2.24) is 5.32 Å². The molecular formula is C17H25ClN2O2. The molecule has 1 aromatic carbocycles. The van der Waals surface area contributed by atoms with Crippen LogP contribution in [0.5, 0.6) is 0 Å². The van der Waals surface area contributed by atoms with Crippen molar-refractivity contribution in [3.63, 3.8) is 0 Å². The molecule has 0 radical (unpaired) electrons. The summed E-state index contributed by atoms with van der Waals surface area (Å²) in [6.45, 7) is 1.21. The molecule has 1 saturated heterocycles. The van der Waals surface area contributed by atoms with E-state index in [-0.39, 0.29) is 35.9 Å². The number of carbonyl (C=O) groups excluding carboxylic acids is 1. The molecule has 1 aromatic rings. The van der Waals surface area contributed by atoms with Crippen LogP contribution in [-0.4, -0.2) is 31.2 Å². The highest BCUT2D eigenvalue weighted by molar-refractivity contribution is 5.85. The van der Waals surface area contributed by atoms with Crippen LogP contribution in [-0.2, 0) is 14.9 Å². The molecule has 22 heavy (non-hydrogen) atoms. The summed E-state index contributed by atoms with van der Waals surface area (Å²) in [6.07, 6.45) is 4.94. The van der Waals surface area contributed by atoms with Gasteiger partial charge in [0.2, 0.25) is 5.91 Å². The zero-order valence-electron chi connectivity index (χ0n) is 12.8. The van der Waals surface area contributed by atoms with Gasteiger partial charge in [0.25, 0.3) is 0 Å². The quantitative estimate of drug-likeness (QED) is 0.872. The lowest BCUT2D eigenvalue weighted by atomic mass is 9.64. The molecule has 3 N–H and O–H groups in total. The Hall–Kier alpha value is -1.10. The smallest absolute Gasteiger partial charge is 0.249 e. The van der Waals surface area contributed by atoms with E-state index in [4.69, 9.17) is 10.5 Å². The van der Waals surface area contributed by atoms with Crippen LogP contribution in [0.25, 0.3) is 0 Å². The molecule has 2 atom stereocenters. The van der Waals surface area contributed by atoms with E-state index in [0.29, 0.717) is 13.1 Å². The second kappa shape index (κ2) is 7.44. The Morgan fingerprint density at radius 1 is 1.27 bits per heavy atom. The monoisotopic (exact) mass is 324 g/mol. The maximum absolute atomic E-state index is 12.2. The number of rotatable bonds is 5. The van der Waals surface area contributed by atoms with E-state index >= 15 is 0 Å². The third-order valence-electron chi connectivity index (χ3n) is 4.96. The van der Waals surface area contributed by atoms with Crippen molar-refractivity contribution in [2.45, 2.75) is 49.7 Å². The minimum absolute atomic E-state index is 0. The first-order valence-corrected chi connectivity index (χ1v) is 7.92. The normalized spacial score (nSPS) is 25.9. The maximum Gasteiger partial charge on any atom is 0.249 e. The van der Waals surface area contributed by atoms with Gasteiger partial charge in [-0.1, -0.05) is 36.8 Å². The summed E-state index contributed by atoms with van der Waals surface area (Å²) < 4.78 is 5.66. The Kier molecular flexibility index (Phi) is 5.84. The largest absolute Gasteiger partial charge is 0.364 e. The summed E-state index contributed by atoms with van der Waals surface area (Å²) in [5, 5.41) is 3.11. The lowest BCUT2D eigenvalue weighted by Gasteiger charge is -2.42. The molecule has 2 aliphatic rings. The summed E-state index contributed by atoms with van der Waals surface area (Å²) in [7, 11) is 0. The highest BCUT2D eigenvalue weighted by Crippen LogP contribution is 2.43. The second-order valence-electron chi connectivity index (χ2n) is 6.28. The number of nitrogens with one attached hydrogen (secondary N) is 1. The van der Waals surface area contributed by atoms with Gasteiger partial charge in [0.05, 0.1) is 6.10 Å². The van der Waals surface area contributed by atoms with Gasteiger partial charge in [-0.05, 0) is 31.2 Å². The average Bonchev–Trinajstić information content (AvgIpc) is 2.96. The Balaban J connectivity index is 0.00000176. The molecule has 0 bridgehead atoms. The van der Waals surface area contributed by atoms with Crippen LogP contribution < -0.4 is 11.1 Å². The molecule has 2 fully saturated rings. The molecule has 1 aliphatic carbocycles. The lowest BCUT2D eigenvalue weighted by Crippen LogP contribution is -2.48. The Labute approximate surface area is 138 Å². The van der Waals surface area contributed by atoms with Gasteiger partial charge in [-0.2, -0.15) is 0 Å². The predicted octanol–water partition coefficient (Wildman–Crippen LogP) is 2.15. The molecule has 0 aromatic heterocycles. The van der Waals surface area contributed by atoms with Gasteiger partial charge in [0.15, 0.2) is 0 Å². The summed E-state index contributed by atoms with van der Waals surface area (Å²) in [5.41, 5.74) is 7.05. The van der Waals surface area contributed by atoms with Gasteiger partial charge in [0.1, 0.15) is 6.10 Å². The zero-order chi connectivity index (χ0) is 14.7. The van der Waals surface area contributed by atoms with Gasteiger partial charge in [-0.3, -0.25) is 4.79 Å². The molecule has 1 aliphatic heterocycles. The summed E-state index contributed by atoms with van der Waals surface area (Å²) in [5.74, 6) is 0.0214. The van der Waals surface area contributed by atoms with Crippen LogP contribution in [0.3, 0.4) is 0 Å². The van der Waals surface area contributed by atoms with Gasteiger partial charge in [0, 0.05) is 18.5 Å². The minimum Gasteiger partial charge on any atom is -0.364 e. The van der Waals surface area contributed by atoms with Crippen molar-refractivity contribution in [1.29, 1.82) is 0 Å². The van der Waals surface area contributed by atoms with Crippen LogP contribution in [0.2, 0.25) is 0 Å². The number of hydrogen-bond donors (Lipinski definition) is 2. The molecule has 122 valence electrons. The van der Waals surface area contributed by atoms with E-state index < -0.39 is 0 Å². The molecule has 0 unspecified atom stereocenters. The minimum atomic E-state index is -0.313. The molecule has 4 nitrogen and oxygen atoms in total. The number of nitrogens with two attached hydrogens (primary N) is 1. The standard InChI is InChI=1S/C17H24N2O2.ClH/c18-11-14-7-8-15(21-14)16(20)19-12-17(9-4-10-17)13-5-2-1-3-6-13;/h1-3,5-6,14-15H,4,7-12,18H2,(H,19,20);1H/t14-,15+;/m1./s1. The van der Waals surface area contributed by atoms with E-state index in [1.54, 1.807) is 0 Å². The van der Waals surface area contributed by atoms with E-state index in [1.807, 2.05) is 6.07 Å². The first-order valence-electron chi connectivity index (χ1n) is 7.92. The van der Waals surface area contributed by atoms with Crippen molar-refractivity contribution in [2.24, 2.45) is 5.73 Å². The zero-order valence-corrected chi connectivity index (χ0v) is 13.6. The Bertz CT molecular complexity index is 491.